The van der Waals surface area contributed by atoms with E-state index in [1.54, 1.807) is 38.1 Å². The molecule has 3 amide bonds. The summed E-state index contributed by atoms with van der Waals surface area (Å²) in [5, 5.41) is -0.397. The molecule has 0 aromatic heterocycles. The maximum absolute atomic E-state index is 13.1. The highest BCUT2D eigenvalue weighted by Gasteiger charge is 2.44. The van der Waals surface area contributed by atoms with Crippen molar-refractivity contribution in [2.24, 2.45) is 0 Å². The van der Waals surface area contributed by atoms with Gasteiger partial charge in [0, 0.05) is 5.75 Å². The van der Waals surface area contributed by atoms with E-state index in [1.165, 1.54) is 0 Å². The van der Waals surface area contributed by atoms with Gasteiger partial charge in [0.25, 0.3) is 5.91 Å². The van der Waals surface area contributed by atoms with Crippen LogP contribution in [0.3, 0.4) is 0 Å². The summed E-state index contributed by atoms with van der Waals surface area (Å²) in [4.78, 5) is 25.1. The number of amides is 3. The van der Waals surface area contributed by atoms with Gasteiger partial charge in [-0.25, -0.2) is 9.69 Å². The lowest BCUT2D eigenvalue weighted by molar-refractivity contribution is -0.121. The maximum Gasteiger partial charge on any atom is 0.329 e. The zero-order valence-electron chi connectivity index (χ0n) is 12.2. The molecule has 22 heavy (non-hydrogen) atoms. The van der Waals surface area contributed by atoms with Gasteiger partial charge < -0.3 is 5.32 Å². The molecule has 1 aromatic carbocycles. The van der Waals surface area contributed by atoms with Crippen molar-refractivity contribution in [3.63, 3.8) is 0 Å². The zero-order chi connectivity index (χ0) is 16.5. The van der Waals surface area contributed by atoms with Gasteiger partial charge in [-0.05, 0) is 37.6 Å². The number of benzene rings is 1. The van der Waals surface area contributed by atoms with E-state index in [2.05, 4.69) is 11.9 Å². The molecule has 1 aromatic rings. The standard InChI is InChI=1S/C15H16F2N2O2S/c1-4-15(16,17)22-9-10-5-7-11(8-6-10)19-12(20)14(2,3)18-13(19)21/h4-8H,1,9H2,2-3H3,(H,18,21). The fourth-order valence-corrected chi connectivity index (χ4v) is 2.63. The first-order valence-electron chi connectivity index (χ1n) is 6.57. The third-order valence-electron chi connectivity index (χ3n) is 3.22. The van der Waals surface area contributed by atoms with Crippen molar-refractivity contribution in [3.8, 4) is 0 Å². The van der Waals surface area contributed by atoms with Crippen molar-refractivity contribution >= 4 is 29.4 Å². The molecule has 1 aliphatic heterocycles. The Kier molecular flexibility index (Phi) is 4.28. The fourth-order valence-electron chi connectivity index (χ4n) is 1.96. The molecule has 0 spiro atoms. The monoisotopic (exact) mass is 326 g/mol. The van der Waals surface area contributed by atoms with E-state index in [1.807, 2.05) is 0 Å². The number of anilines is 1. The van der Waals surface area contributed by atoms with Crippen LogP contribution in [0.2, 0.25) is 0 Å². The quantitative estimate of drug-likeness (QED) is 0.665. The number of carbonyl (C=O) groups excluding carboxylic acids is 2. The highest BCUT2D eigenvalue weighted by Crippen LogP contribution is 2.33. The van der Waals surface area contributed by atoms with Gasteiger partial charge >= 0.3 is 11.3 Å². The fraction of sp³-hybridized carbons (Fsp3) is 0.333. The Hall–Kier alpha value is -1.89. The van der Waals surface area contributed by atoms with Crippen LogP contribution in [0.25, 0.3) is 0 Å². The molecule has 1 fully saturated rings. The molecule has 0 aliphatic carbocycles. The largest absolute Gasteiger partial charge is 0.329 e. The molecule has 2 rings (SSSR count). The highest BCUT2D eigenvalue weighted by molar-refractivity contribution is 7.99. The average Bonchev–Trinajstić information content (AvgIpc) is 2.66. The molecule has 1 saturated heterocycles. The van der Waals surface area contributed by atoms with Gasteiger partial charge in [0.05, 0.1) is 5.69 Å². The van der Waals surface area contributed by atoms with Gasteiger partial charge in [0.15, 0.2) is 0 Å². The van der Waals surface area contributed by atoms with Gasteiger partial charge in [-0.2, -0.15) is 8.78 Å². The third-order valence-corrected chi connectivity index (χ3v) is 4.25. The molecule has 1 N–H and O–H groups in total. The molecular formula is C15H16F2N2O2S. The lowest BCUT2D eigenvalue weighted by Crippen LogP contribution is -2.40. The first-order chi connectivity index (χ1) is 10.2. The molecule has 0 saturated carbocycles. The Bertz CT molecular complexity index is 614. The number of nitrogens with zero attached hydrogens (tertiary/aromatic N) is 1. The molecule has 0 radical (unpaired) electrons. The average molecular weight is 326 g/mol. The van der Waals surface area contributed by atoms with Crippen molar-refractivity contribution < 1.29 is 18.4 Å². The number of halogens is 2. The van der Waals surface area contributed by atoms with Gasteiger partial charge in [-0.1, -0.05) is 30.5 Å². The normalized spacial score (nSPS) is 17.5. The Morgan fingerprint density at radius 3 is 2.36 bits per heavy atom. The smallest absolute Gasteiger partial charge is 0.323 e. The minimum absolute atomic E-state index is 0.102. The molecule has 7 heteroatoms. The van der Waals surface area contributed by atoms with Gasteiger partial charge in [0.2, 0.25) is 0 Å². The number of alkyl halides is 2. The number of urea groups is 1. The minimum Gasteiger partial charge on any atom is -0.323 e. The number of carbonyl (C=O) groups is 2. The number of hydrogen-bond donors (Lipinski definition) is 1. The van der Waals surface area contributed by atoms with Crippen molar-refractivity contribution in [2.75, 3.05) is 4.90 Å². The Morgan fingerprint density at radius 1 is 1.32 bits per heavy atom. The van der Waals surface area contributed by atoms with Crippen LogP contribution < -0.4 is 10.2 Å². The van der Waals surface area contributed by atoms with E-state index in [-0.39, 0.29) is 11.7 Å². The number of nitrogens with one attached hydrogen (secondary N) is 1. The van der Waals surface area contributed by atoms with Crippen molar-refractivity contribution in [1.29, 1.82) is 0 Å². The summed E-state index contributed by atoms with van der Waals surface area (Å²) in [5.41, 5.74) is 0.136. The Morgan fingerprint density at radius 2 is 1.91 bits per heavy atom. The number of hydrogen-bond acceptors (Lipinski definition) is 3. The third kappa shape index (κ3) is 3.30. The van der Waals surface area contributed by atoms with Crippen LogP contribution in [0.1, 0.15) is 19.4 Å². The summed E-state index contributed by atoms with van der Waals surface area (Å²) >= 11 is 0.460. The maximum atomic E-state index is 13.1. The van der Waals surface area contributed by atoms with E-state index >= 15 is 0 Å². The summed E-state index contributed by atoms with van der Waals surface area (Å²) in [6.45, 7) is 6.32. The lowest BCUT2D eigenvalue weighted by atomic mass is 10.1. The van der Waals surface area contributed by atoms with Crippen molar-refractivity contribution in [2.45, 2.75) is 30.4 Å². The molecule has 118 valence electrons. The van der Waals surface area contributed by atoms with Crippen LogP contribution >= 0.6 is 11.8 Å². The van der Waals surface area contributed by atoms with E-state index in [0.29, 0.717) is 29.1 Å². The molecule has 0 unspecified atom stereocenters. The van der Waals surface area contributed by atoms with Gasteiger partial charge in [-0.15, -0.1) is 0 Å². The van der Waals surface area contributed by atoms with Crippen LogP contribution in [0.15, 0.2) is 36.9 Å². The van der Waals surface area contributed by atoms with Gasteiger partial charge in [0.1, 0.15) is 5.54 Å². The van der Waals surface area contributed by atoms with Crippen LogP contribution in [0.5, 0.6) is 0 Å². The summed E-state index contributed by atoms with van der Waals surface area (Å²) in [6, 6.07) is 5.89. The topological polar surface area (TPSA) is 49.4 Å². The van der Waals surface area contributed by atoms with Crippen LogP contribution in [-0.2, 0) is 10.5 Å². The Labute approximate surface area is 131 Å². The zero-order valence-corrected chi connectivity index (χ0v) is 13.0. The molecular weight excluding hydrogens is 310 g/mol. The first kappa shape index (κ1) is 16.5. The summed E-state index contributed by atoms with van der Waals surface area (Å²) in [7, 11) is 0. The van der Waals surface area contributed by atoms with Crippen LogP contribution in [0, 0.1) is 0 Å². The molecule has 0 bridgehead atoms. The van der Waals surface area contributed by atoms with Gasteiger partial charge in [-0.3, -0.25) is 4.79 Å². The van der Waals surface area contributed by atoms with Crippen molar-refractivity contribution in [1.82, 2.24) is 5.32 Å². The van der Waals surface area contributed by atoms with Crippen molar-refractivity contribution in [3.05, 3.63) is 42.5 Å². The molecule has 1 heterocycles. The number of rotatable bonds is 5. The predicted molar refractivity (Wildman–Crippen MR) is 83.0 cm³/mol. The Balaban J connectivity index is 2.11. The van der Waals surface area contributed by atoms with E-state index in [9.17, 15) is 18.4 Å². The van der Waals surface area contributed by atoms with E-state index in [0.717, 1.165) is 4.90 Å². The highest BCUT2D eigenvalue weighted by atomic mass is 32.2. The number of thioether (sulfide) groups is 1. The SMILES string of the molecule is C=CC(F)(F)SCc1ccc(N2C(=O)NC(C)(C)C2=O)cc1. The summed E-state index contributed by atoms with van der Waals surface area (Å²) < 4.78 is 26.2. The molecule has 0 atom stereocenters. The van der Waals surface area contributed by atoms with Crippen LogP contribution in [-0.4, -0.2) is 22.7 Å². The molecule has 1 aliphatic rings. The predicted octanol–water partition coefficient (Wildman–Crippen LogP) is 3.53. The summed E-state index contributed by atoms with van der Waals surface area (Å²) in [5.74, 6) is -0.247. The second-order valence-electron chi connectivity index (χ2n) is 5.42. The van der Waals surface area contributed by atoms with E-state index in [4.69, 9.17) is 0 Å². The lowest BCUT2D eigenvalue weighted by Gasteiger charge is -2.16. The minimum atomic E-state index is -2.98. The second kappa shape index (κ2) is 5.72. The second-order valence-corrected chi connectivity index (χ2v) is 6.54. The van der Waals surface area contributed by atoms with Crippen LogP contribution in [0.4, 0.5) is 19.3 Å². The molecule has 4 nitrogen and oxygen atoms in total. The number of imide groups is 1. The summed E-state index contributed by atoms with van der Waals surface area (Å²) in [6.07, 6.45) is 0.599. The van der Waals surface area contributed by atoms with E-state index < -0.39 is 16.8 Å². The first-order valence-corrected chi connectivity index (χ1v) is 7.56.